The largest absolute Gasteiger partial charge is 0.487 e. The Balaban J connectivity index is 2.70. The first-order valence-electron chi connectivity index (χ1n) is 5.90. The molecule has 98 valence electrons. The van der Waals surface area contributed by atoms with Crippen molar-refractivity contribution in [1.29, 1.82) is 0 Å². The maximum absolute atomic E-state index is 13.6. The standard InChI is InChI=1S/C14H17F2NO/c1-3-5-6-7-18-14-12(15)8-11(9-13(14)16)10-17-4-2/h8-9,17H,4,6-7,10H2,1-2H3. The lowest BCUT2D eigenvalue weighted by atomic mass is 10.2. The molecular weight excluding hydrogens is 236 g/mol. The van der Waals surface area contributed by atoms with Gasteiger partial charge in [0.15, 0.2) is 17.4 Å². The summed E-state index contributed by atoms with van der Waals surface area (Å²) in [6.45, 7) is 5.00. The zero-order valence-corrected chi connectivity index (χ0v) is 10.6. The minimum atomic E-state index is -0.674. The summed E-state index contributed by atoms with van der Waals surface area (Å²) in [5.41, 5.74) is 0.563. The zero-order valence-electron chi connectivity index (χ0n) is 10.6. The van der Waals surface area contributed by atoms with Crippen LogP contribution in [0.3, 0.4) is 0 Å². The summed E-state index contributed by atoms with van der Waals surface area (Å²) in [6, 6.07) is 2.57. The highest BCUT2D eigenvalue weighted by Gasteiger charge is 2.12. The first-order chi connectivity index (χ1) is 8.69. The third kappa shape index (κ3) is 4.34. The van der Waals surface area contributed by atoms with E-state index >= 15 is 0 Å². The molecule has 0 aliphatic rings. The van der Waals surface area contributed by atoms with Crippen LogP contribution in [-0.4, -0.2) is 13.2 Å². The third-order valence-corrected chi connectivity index (χ3v) is 2.29. The molecule has 0 radical (unpaired) electrons. The van der Waals surface area contributed by atoms with Crippen LogP contribution in [0.1, 0.15) is 25.8 Å². The second kappa shape index (κ2) is 7.67. The fourth-order valence-corrected chi connectivity index (χ4v) is 1.45. The van der Waals surface area contributed by atoms with Crippen molar-refractivity contribution in [1.82, 2.24) is 5.32 Å². The van der Waals surface area contributed by atoms with Gasteiger partial charge in [0.1, 0.15) is 0 Å². The quantitative estimate of drug-likeness (QED) is 0.621. The van der Waals surface area contributed by atoms with Gasteiger partial charge in [0.2, 0.25) is 0 Å². The van der Waals surface area contributed by atoms with Crippen molar-refractivity contribution in [3.63, 3.8) is 0 Å². The molecule has 0 heterocycles. The highest BCUT2D eigenvalue weighted by Crippen LogP contribution is 2.23. The Bertz CT molecular complexity index is 426. The second-order valence-corrected chi connectivity index (χ2v) is 3.69. The SMILES string of the molecule is CC#CCCOc1c(F)cc(CNCC)cc1F. The Morgan fingerprint density at radius 2 is 1.94 bits per heavy atom. The minimum absolute atomic E-state index is 0.182. The average Bonchev–Trinajstić information content (AvgIpc) is 2.34. The fraction of sp³-hybridized carbons (Fsp3) is 0.429. The van der Waals surface area contributed by atoms with Crippen molar-refractivity contribution >= 4 is 0 Å². The van der Waals surface area contributed by atoms with Gasteiger partial charge in [-0.15, -0.1) is 11.8 Å². The molecule has 0 saturated carbocycles. The molecule has 0 aliphatic carbocycles. The van der Waals surface area contributed by atoms with E-state index in [1.165, 1.54) is 12.1 Å². The number of hydrogen-bond acceptors (Lipinski definition) is 2. The van der Waals surface area contributed by atoms with Gasteiger partial charge < -0.3 is 10.1 Å². The van der Waals surface area contributed by atoms with Crippen molar-refractivity contribution in [3.05, 3.63) is 29.3 Å². The second-order valence-electron chi connectivity index (χ2n) is 3.69. The van der Waals surface area contributed by atoms with E-state index in [1.54, 1.807) is 6.92 Å². The van der Waals surface area contributed by atoms with Crippen LogP contribution in [0.2, 0.25) is 0 Å². The van der Waals surface area contributed by atoms with Crippen LogP contribution in [0.25, 0.3) is 0 Å². The minimum Gasteiger partial charge on any atom is -0.487 e. The predicted molar refractivity (Wildman–Crippen MR) is 67.3 cm³/mol. The van der Waals surface area contributed by atoms with Crippen LogP contribution in [0, 0.1) is 23.5 Å². The molecule has 4 heteroatoms. The van der Waals surface area contributed by atoms with Gasteiger partial charge in [0, 0.05) is 13.0 Å². The molecule has 1 rings (SSSR count). The van der Waals surface area contributed by atoms with Crippen molar-refractivity contribution in [2.24, 2.45) is 0 Å². The number of halogens is 2. The van der Waals surface area contributed by atoms with E-state index in [2.05, 4.69) is 17.2 Å². The molecule has 2 nitrogen and oxygen atoms in total. The van der Waals surface area contributed by atoms with Crippen LogP contribution in [0.4, 0.5) is 8.78 Å². The van der Waals surface area contributed by atoms with Gasteiger partial charge in [0.25, 0.3) is 0 Å². The lowest BCUT2D eigenvalue weighted by Gasteiger charge is -2.09. The van der Waals surface area contributed by atoms with Crippen LogP contribution in [0.15, 0.2) is 12.1 Å². The average molecular weight is 253 g/mol. The summed E-state index contributed by atoms with van der Waals surface area (Å²) in [6.07, 6.45) is 0.453. The fourth-order valence-electron chi connectivity index (χ4n) is 1.45. The molecule has 1 N–H and O–H groups in total. The van der Waals surface area contributed by atoms with E-state index in [0.29, 0.717) is 18.5 Å². The van der Waals surface area contributed by atoms with E-state index in [0.717, 1.165) is 6.54 Å². The van der Waals surface area contributed by atoms with E-state index in [1.807, 2.05) is 6.92 Å². The molecular formula is C14H17F2NO. The molecule has 0 saturated heterocycles. The first-order valence-corrected chi connectivity index (χ1v) is 5.90. The number of nitrogens with one attached hydrogen (secondary N) is 1. The van der Waals surface area contributed by atoms with Gasteiger partial charge in [-0.1, -0.05) is 6.92 Å². The van der Waals surface area contributed by atoms with Crippen LogP contribution in [0.5, 0.6) is 5.75 Å². The summed E-state index contributed by atoms with van der Waals surface area (Å²) in [4.78, 5) is 0. The van der Waals surface area contributed by atoms with Crippen LogP contribution in [-0.2, 0) is 6.54 Å². The molecule has 1 aromatic carbocycles. The first kappa shape index (κ1) is 14.5. The maximum atomic E-state index is 13.6. The topological polar surface area (TPSA) is 21.3 Å². The van der Waals surface area contributed by atoms with Crippen molar-refractivity contribution in [2.45, 2.75) is 26.8 Å². The Morgan fingerprint density at radius 1 is 1.28 bits per heavy atom. The summed E-state index contributed by atoms with van der Waals surface area (Å²) < 4.78 is 32.3. The normalized spacial score (nSPS) is 9.78. The third-order valence-electron chi connectivity index (χ3n) is 2.29. The zero-order chi connectivity index (χ0) is 13.4. The van der Waals surface area contributed by atoms with Crippen molar-refractivity contribution < 1.29 is 13.5 Å². The van der Waals surface area contributed by atoms with Gasteiger partial charge in [-0.25, -0.2) is 8.78 Å². The van der Waals surface area contributed by atoms with E-state index in [-0.39, 0.29) is 12.4 Å². The van der Waals surface area contributed by atoms with Gasteiger partial charge in [-0.05, 0) is 31.2 Å². The van der Waals surface area contributed by atoms with E-state index < -0.39 is 11.6 Å². The summed E-state index contributed by atoms with van der Waals surface area (Å²) in [7, 11) is 0. The van der Waals surface area contributed by atoms with Crippen LogP contribution >= 0.6 is 0 Å². The van der Waals surface area contributed by atoms with Crippen molar-refractivity contribution in [2.75, 3.05) is 13.2 Å². The van der Waals surface area contributed by atoms with Crippen LogP contribution < -0.4 is 10.1 Å². The van der Waals surface area contributed by atoms with Gasteiger partial charge >= 0.3 is 0 Å². The van der Waals surface area contributed by atoms with E-state index in [9.17, 15) is 8.78 Å². The van der Waals surface area contributed by atoms with E-state index in [4.69, 9.17) is 4.74 Å². The highest BCUT2D eigenvalue weighted by atomic mass is 19.1. The molecule has 0 atom stereocenters. The molecule has 18 heavy (non-hydrogen) atoms. The Labute approximate surface area is 106 Å². The smallest absolute Gasteiger partial charge is 0.190 e. The molecule has 0 bridgehead atoms. The van der Waals surface area contributed by atoms with Gasteiger partial charge in [0.05, 0.1) is 6.61 Å². The Kier molecular flexibility index (Phi) is 6.16. The highest BCUT2D eigenvalue weighted by molar-refractivity contribution is 5.31. The number of benzene rings is 1. The van der Waals surface area contributed by atoms with Gasteiger partial charge in [-0.3, -0.25) is 0 Å². The molecule has 0 aliphatic heterocycles. The van der Waals surface area contributed by atoms with Gasteiger partial charge in [-0.2, -0.15) is 0 Å². The number of rotatable bonds is 6. The lowest BCUT2D eigenvalue weighted by molar-refractivity contribution is 0.292. The molecule has 0 fully saturated rings. The Morgan fingerprint density at radius 3 is 2.50 bits per heavy atom. The Hall–Kier alpha value is -1.60. The molecule has 1 aromatic rings. The lowest BCUT2D eigenvalue weighted by Crippen LogP contribution is -2.12. The monoisotopic (exact) mass is 253 g/mol. The summed E-state index contributed by atoms with van der Waals surface area (Å²) >= 11 is 0. The predicted octanol–water partition coefficient (Wildman–Crippen LogP) is 2.87. The molecule has 0 unspecified atom stereocenters. The molecule has 0 amide bonds. The number of ether oxygens (including phenoxy) is 1. The summed E-state index contributed by atoms with van der Waals surface area (Å²) in [5.74, 6) is 3.78. The molecule has 0 aromatic heterocycles. The summed E-state index contributed by atoms with van der Waals surface area (Å²) in [5, 5.41) is 3.01. The molecule has 0 spiro atoms. The number of hydrogen-bond donors (Lipinski definition) is 1. The van der Waals surface area contributed by atoms with Crippen molar-refractivity contribution in [3.8, 4) is 17.6 Å². The maximum Gasteiger partial charge on any atom is 0.190 e.